The molecule has 0 amide bonds. The standard InChI is InChI=1S/C10H13NO5/c11-7(8(13)14)5-10(9(15)16)3-1-6(12)2-4-10/h1-4,6-7,12H,5,11H2,(H,13,14)(H,15,16)/t6?,7-,10?/m0/s1. The maximum atomic E-state index is 11.1. The monoisotopic (exact) mass is 227 g/mol. The molecule has 0 aliphatic heterocycles. The molecular formula is C10H13NO5. The van der Waals surface area contributed by atoms with E-state index in [1.54, 1.807) is 0 Å². The molecule has 1 rings (SSSR count). The summed E-state index contributed by atoms with van der Waals surface area (Å²) in [5.74, 6) is -2.45. The van der Waals surface area contributed by atoms with Gasteiger partial charge in [0.2, 0.25) is 0 Å². The van der Waals surface area contributed by atoms with Gasteiger partial charge in [-0.25, -0.2) is 0 Å². The first kappa shape index (κ1) is 12.4. The second-order valence-corrected chi connectivity index (χ2v) is 3.70. The van der Waals surface area contributed by atoms with Gasteiger partial charge in [-0.05, 0) is 6.42 Å². The van der Waals surface area contributed by atoms with Crippen molar-refractivity contribution in [1.29, 1.82) is 0 Å². The lowest BCUT2D eigenvalue weighted by molar-refractivity contribution is -0.145. The number of hydrogen-bond acceptors (Lipinski definition) is 4. The molecule has 0 heterocycles. The molecule has 0 spiro atoms. The zero-order valence-corrected chi connectivity index (χ0v) is 8.41. The van der Waals surface area contributed by atoms with Gasteiger partial charge in [-0.2, -0.15) is 0 Å². The number of rotatable bonds is 4. The van der Waals surface area contributed by atoms with Gasteiger partial charge in [-0.15, -0.1) is 0 Å². The molecule has 0 saturated heterocycles. The minimum absolute atomic E-state index is 0.253. The van der Waals surface area contributed by atoms with Crippen LogP contribution in [-0.4, -0.2) is 39.4 Å². The summed E-state index contributed by atoms with van der Waals surface area (Å²) < 4.78 is 0. The quantitative estimate of drug-likeness (QED) is 0.473. The fraction of sp³-hybridized carbons (Fsp3) is 0.400. The average molecular weight is 227 g/mol. The lowest BCUT2D eigenvalue weighted by Crippen LogP contribution is -2.40. The van der Waals surface area contributed by atoms with Gasteiger partial charge in [0, 0.05) is 0 Å². The van der Waals surface area contributed by atoms with E-state index in [4.69, 9.17) is 21.1 Å². The van der Waals surface area contributed by atoms with Crippen LogP contribution in [-0.2, 0) is 9.59 Å². The van der Waals surface area contributed by atoms with Crippen molar-refractivity contribution in [3.8, 4) is 0 Å². The van der Waals surface area contributed by atoms with Crippen molar-refractivity contribution < 1.29 is 24.9 Å². The molecule has 5 N–H and O–H groups in total. The van der Waals surface area contributed by atoms with E-state index in [9.17, 15) is 9.59 Å². The molecule has 6 nitrogen and oxygen atoms in total. The third-order valence-corrected chi connectivity index (χ3v) is 2.45. The number of aliphatic carboxylic acids is 2. The molecule has 0 aromatic heterocycles. The molecule has 0 bridgehead atoms. The number of hydrogen-bond donors (Lipinski definition) is 4. The van der Waals surface area contributed by atoms with Crippen LogP contribution in [0.1, 0.15) is 6.42 Å². The van der Waals surface area contributed by atoms with E-state index in [2.05, 4.69) is 0 Å². The summed E-state index contributed by atoms with van der Waals surface area (Å²) in [4.78, 5) is 21.7. The summed E-state index contributed by atoms with van der Waals surface area (Å²) in [7, 11) is 0. The fourth-order valence-electron chi connectivity index (χ4n) is 1.48. The fourth-order valence-corrected chi connectivity index (χ4v) is 1.48. The zero-order chi connectivity index (χ0) is 12.3. The van der Waals surface area contributed by atoms with Gasteiger partial charge in [-0.1, -0.05) is 24.3 Å². The van der Waals surface area contributed by atoms with Crippen molar-refractivity contribution in [2.45, 2.75) is 18.6 Å². The van der Waals surface area contributed by atoms with Gasteiger partial charge in [0.25, 0.3) is 0 Å². The second kappa shape index (κ2) is 4.46. The number of nitrogens with two attached hydrogens (primary N) is 1. The molecule has 0 aromatic carbocycles. The molecule has 0 saturated carbocycles. The van der Waals surface area contributed by atoms with E-state index < -0.39 is 29.5 Å². The van der Waals surface area contributed by atoms with Crippen LogP contribution >= 0.6 is 0 Å². The van der Waals surface area contributed by atoms with Crippen LogP contribution in [0.4, 0.5) is 0 Å². The van der Waals surface area contributed by atoms with Gasteiger partial charge in [-0.3, -0.25) is 9.59 Å². The van der Waals surface area contributed by atoms with E-state index in [1.807, 2.05) is 0 Å². The molecule has 1 aliphatic rings. The van der Waals surface area contributed by atoms with E-state index in [0.29, 0.717) is 0 Å². The van der Waals surface area contributed by atoms with Crippen molar-refractivity contribution >= 4 is 11.9 Å². The van der Waals surface area contributed by atoms with Crippen molar-refractivity contribution in [1.82, 2.24) is 0 Å². The van der Waals surface area contributed by atoms with Crippen LogP contribution in [0.25, 0.3) is 0 Å². The van der Waals surface area contributed by atoms with Crippen molar-refractivity contribution in [3.63, 3.8) is 0 Å². The Labute approximate surface area is 91.7 Å². The Balaban J connectivity index is 2.92. The second-order valence-electron chi connectivity index (χ2n) is 3.70. The molecule has 0 unspecified atom stereocenters. The van der Waals surface area contributed by atoms with E-state index in [1.165, 1.54) is 24.3 Å². The predicted octanol–water partition coefficient (Wildman–Crippen LogP) is -0.654. The maximum Gasteiger partial charge on any atom is 0.320 e. The van der Waals surface area contributed by atoms with Gasteiger partial charge in [0.05, 0.1) is 6.10 Å². The molecule has 16 heavy (non-hydrogen) atoms. The predicted molar refractivity (Wildman–Crippen MR) is 54.6 cm³/mol. The van der Waals surface area contributed by atoms with Crippen LogP contribution in [0, 0.1) is 5.41 Å². The number of aliphatic hydroxyl groups is 1. The van der Waals surface area contributed by atoms with Crippen LogP contribution in [0.2, 0.25) is 0 Å². The highest BCUT2D eigenvalue weighted by atomic mass is 16.4. The number of carboxylic acids is 2. The summed E-state index contributed by atoms with van der Waals surface area (Å²) in [6, 6.07) is -1.26. The van der Waals surface area contributed by atoms with E-state index in [0.717, 1.165) is 0 Å². The van der Waals surface area contributed by atoms with Gasteiger partial charge in [0.15, 0.2) is 0 Å². The largest absolute Gasteiger partial charge is 0.480 e. The Bertz CT molecular complexity index is 346. The molecule has 1 atom stereocenters. The first-order chi connectivity index (χ1) is 7.37. The molecule has 0 fully saturated rings. The highest BCUT2D eigenvalue weighted by Gasteiger charge is 2.38. The summed E-state index contributed by atoms with van der Waals surface area (Å²) >= 11 is 0. The van der Waals surface area contributed by atoms with Crippen LogP contribution < -0.4 is 5.73 Å². The SMILES string of the molecule is N[C@@H](CC1(C(=O)O)C=CC(O)C=C1)C(=O)O. The smallest absolute Gasteiger partial charge is 0.320 e. The van der Waals surface area contributed by atoms with Crippen molar-refractivity contribution in [2.24, 2.45) is 11.1 Å². The minimum Gasteiger partial charge on any atom is -0.480 e. The Morgan fingerprint density at radius 3 is 2.19 bits per heavy atom. The lowest BCUT2D eigenvalue weighted by atomic mass is 9.78. The molecule has 0 aromatic rings. The van der Waals surface area contributed by atoms with Crippen LogP contribution in [0.3, 0.4) is 0 Å². The van der Waals surface area contributed by atoms with Crippen molar-refractivity contribution in [3.05, 3.63) is 24.3 Å². The molecule has 1 aliphatic carbocycles. The lowest BCUT2D eigenvalue weighted by Gasteiger charge is -2.27. The summed E-state index contributed by atoms with van der Waals surface area (Å²) in [5, 5.41) is 26.9. The number of carbonyl (C=O) groups is 2. The summed E-state index contributed by atoms with van der Waals surface area (Å²) in [6.07, 6.45) is 4.03. The third kappa shape index (κ3) is 2.47. The van der Waals surface area contributed by atoms with Crippen molar-refractivity contribution in [2.75, 3.05) is 0 Å². The van der Waals surface area contributed by atoms with Crippen LogP contribution in [0.15, 0.2) is 24.3 Å². The molecule has 6 heteroatoms. The van der Waals surface area contributed by atoms with Gasteiger partial charge in [0.1, 0.15) is 11.5 Å². The van der Waals surface area contributed by atoms with E-state index >= 15 is 0 Å². The topological polar surface area (TPSA) is 121 Å². The van der Waals surface area contributed by atoms with Gasteiger partial charge < -0.3 is 21.1 Å². The number of aliphatic hydroxyl groups excluding tert-OH is 1. The summed E-state index contributed by atoms with van der Waals surface area (Å²) in [6.45, 7) is 0. The first-order valence-electron chi connectivity index (χ1n) is 4.66. The maximum absolute atomic E-state index is 11.1. The molecule has 88 valence electrons. The normalized spacial score (nSPS) is 30.0. The Morgan fingerprint density at radius 2 is 1.81 bits per heavy atom. The zero-order valence-electron chi connectivity index (χ0n) is 8.41. The highest BCUT2D eigenvalue weighted by Crippen LogP contribution is 2.31. The summed E-state index contributed by atoms with van der Waals surface area (Å²) in [5.41, 5.74) is 3.86. The average Bonchev–Trinajstić information content (AvgIpc) is 2.21. The third-order valence-electron chi connectivity index (χ3n) is 2.45. The first-order valence-corrected chi connectivity index (χ1v) is 4.66. The number of carboxylic acid groups (broad SMARTS) is 2. The minimum atomic E-state index is -1.45. The van der Waals surface area contributed by atoms with Gasteiger partial charge >= 0.3 is 11.9 Å². The Kier molecular flexibility index (Phi) is 3.46. The van der Waals surface area contributed by atoms with Crippen LogP contribution in [0.5, 0.6) is 0 Å². The Morgan fingerprint density at radius 1 is 1.31 bits per heavy atom. The molecule has 0 radical (unpaired) electrons. The molecular weight excluding hydrogens is 214 g/mol. The highest BCUT2D eigenvalue weighted by molar-refractivity contribution is 5.82. The Hall–Kier alpha value is -1.66. The van der Waals surface area contributed by atoms with E-state index in [-0.39, 0.29) is 6.42 Å².